The first-order valence-corrected chi connectivity index (χ1v) is 5.25. The van der Waals surface area contributed by atoms with Crippen LogP contribution in [0.1, 0.15) is 42.2 Å². The van der Waals surface area contributed by atoms with Gasteiger partial charge < -0.3 is 5.84 Å². The molecule has 2 N–H and O–H groups in total. The fourth-order valence-corrected chi connectivity index (χ4v) is 2.97. The third-order valence-electron chi connectivity index (χ3n) is 3.64. The zero-order valence-electron chi connectivity index (χ0n) is 8.11. The summed E-state index contributed by atoms with van der Waals surface area (Å²) < 4.78 is 0. The fraction of sp³-hybridized carbons (Fsp3) is 0.417. The molecule has 72 valence electrons. The topological polar surface area (TPSA) is 38.4 Å². The molecule has 3 aliphatic rings. The van der Waals surface area contributed by atoms with E-state index in [2.05, 4.69) is 29.4 Å². The first-order chi connectivity index (χ1) is 6.90. The van der Waals surface area contributed by atoms with Gasteiger partial charge in [0.1, 0.15) is 0 Å². The standard InChI is InChI=1S/C12H14N2/c13-14-12-7-8-5-6-11(12)10-4-2-1-3-9(8)10/h1-4,8,11H,5-7,13H2/b14-12-/t8-,11-/m0/s1. The molecule has 0 radical (unpaired) electrons. The molecule has 1 aromatic carbocycles. The second kappa shape index (κ2) is 2.84. The van der Waals surface area contributed by atoms with Gasteiger partial charge in [0.15, 0.2) is 0 Å². The first kappa shape index (κ1) is 8.04. The first-order valence-electron chi connectivity index (χ1n) is 5.25. The van der Waals surface area contributed by atoms with Crippen LogP contribution in [0.15, 0.2) is 29.4 Å². The van der Waals surface area contributed by atoms with Crippen molar-refractivity contribution in [3.8, 4) is 0 Å². The number of hydrazone groups is 1. The molecule has 2 heteroatoms. The van der Waals surface area contributed by atoms with E-state index < -0.39 is 0 Å². The van der Waals surface area contributed by atoms with Crippen LogP contribution in [0.2, 0.25) is 0 Å². The molecule has 2 nitrogen and oxygen atoms in total. The molecule has 14 heavy (non-hydrogen) atoms. The monoisotopic (exact) mass is 186 g/mol. The van der Waals surface area contributed by atoms with Gasteiger partial charge in [0, 0.05) is 11.6 Å². The van der Waals surface area contributed by atoms with Gasteiger partial charge in [-0.2, -0.15) is 5.10 Å². The van der Waals surface area contributed by atoms with Crippen molar-refractivity contribution in [2.45, 2.75) is 31.1 Å². The number of nitrogens with zero attached hydrogens (tertiary/aromatic N) is 1. The van der Waals surface area contributed by atoms with Crippen molar-refractivity contribution >= 4 is 5.71 Å². The van der Waals surface area contributed by atoms with Crippen molar-refractivity contribution in [2.75, 3.05) is 0 Å². The Morgan fingerprint density at radius 1 is 1.14 bits per heavy atom. The molecule has 0 aromatic heterocycles. The SMILES string of the molecule is N/N=C1/C[C@@H]2CC[C@H]1c1ccccc12. The highest BCUT2D eigenvalue weighted by molar-refractivity contribution is 5.94. The lowest BCUT2D eigenvalue weighted by atomic mass is 9.66. The number of hydrogen-bond donors (Lipinski definition) is 1. The summed E-state index contributed by atoms with van der Waals surface area (Å²) in [6, 6.07) is 8.75. The highest BCUT2D eigenvalue weighted by Crippen LogP contribution is 2.47. The number of rotatable bonds is 0. The Hall–Kier alpha value is -1.31. The molecule has 0 spiro atoms. The predicted molar refractivity (Wildman–Crippen MR) is 57.4 cm³/mol. The third-order valence-corrected chi connectivity index (χ3v) is 3.64. The molecule has 0 heterocycles. The maximum Gasteiger partial charge on any atom is 0.0456 e. The van der Waals surface area contributed by atoms with Crippen molar-refractivity contribution in [3.05, 3.63) is 35.4 Å². The van der Waals surface area contributed by atoms with Crippen LogP contribution in [0.4, 0.5) is 0 Å². The van der Waals surface area contributed by atoms with Gasteiger partial charge in [-0.3, -0.25) is 0 Å². The minimum Gasteiger partial charge on any atom is -0.323 e. The van der Waals surface area contributed by atoms with Gasteiger partial charge in [-0.1, -0.05) is 24.3 Å². The summed E-state index contributed by atoms with van der Waals surface area (Å²) >= 11 is 0. The maximum absolute atomic E-state index is 5.43. The van der Waals surface area contributed by atoms with Crippen LogP contribution >= 0.6 is 0 Å². The summed E-state index contributed by atoms with van der Waals surface area (Å²) in [6.45, 7) is 0. The molecule has 1 fully saturated rings. The van der Waals surface area contributed by atoms with Gasteiger partial charge in [-0.15, -0.1) is 0 Å². The number of benzene rings is 1. The van der Waals surface area contributed by atoms with Crippen molar-refractivity contribution < 1.29 is 0 Å². The average Bonchev–Trinajstić information content (AvgIpc) is 2.30. The predicted octanol–water partition coefficient (Wildman–Crippen LogP) is 2.37. The molecule has 0 unspecified atom stereocenters. The van der Waals surface area contributed by atoms with Crippen LogP contribution in [0.5, 0.6) is 0 Å². The van der Waals surface area contributed by atoms with Crippen LogP contribution in [0.25, 0.3) is 0 Å². The Labute approximate surface area is 83.8 Å². The second-order valence-electron chi connectivity index (χ2n) is 4.28. The smallest absolute Gasteiger partial charge is 0.0456 e. The van der Waals surface area contributed by atoms with Crippen LogP contribution in [-0.2, 0) is 0 Å². The summed E-state index contributed by atoms with van der Waals surface area (Å²) in [4.78, 5) is 0. The van der Waals surface area contributed by atoms with E-state index in [0.717, 1.165) is 6.42 Å². The molecule has 3 aliphatic carbocycles. The van der Waals surface area contributed by atoms with E-state index in [0.29, 0.717) is 11.8 Å². The summed E-state index contributed by atoms with van der Waals surface area (Å²) in [5, 5.41) is 3.95. The molecule has 1 saturated carbocycles. The van der Waals surface area contributed by atoms with E-state index in [1.165, 1.54) is 29.7 Å². The quantitative estimate of drug-likeness (QED) is 0.490. The van der Waals surface area contributed by atoms with E-state index in [-0.39, 0.29) is 0 Å². The Morgan fingerprint density at radius 2 is 1.93 bits per heavy atom. The fourth-order valence-electron chi connectivity index (χ4n) is 2.97. The molecule has 0 saturated heterocycles. The molecule has 0 amide bonds. The van der Waals surface area contributed by atoms with Crippen LogP contribution in [-0.4, -0.2) is 5.71 Å². The molecular formula is C12H14N2. The van der Waals surface area contributed by atoms with Crippen molar-refractivity contribution in [2.24, 2.45) is 10.9 Å². The lowest BCUT2D eigenvalue weighted by molar-refractivity contribution is 0.498. The van der Waals surface area contributed by atoms with Gasteiger partial charge in [-0.05, 0) is 36.3 Å². The van der Waals surface area contributed by atoms with E-state index in [4.69, 9.17) is 5.84 Å². The normalized spacial score (nSPS) is 31.9. The summed E-state index contributed by atoms with van der Waals surface area (Å²) in [5.41, 5.74) is 4.22. The lowest BCUT2D eigenvalue weighted by Gasteiger charge is -2.38. The van der Waals surface area contributed by atoms with Gasteiger partial charge in [0.2, 0.25) is 0 Å². The Balaban J connectivity index is 2.17. The van der Waals surface area contributed by atoms with Gasteiger partial charge in [0.05, 0.1) is 0 Å². The van der Waals surface area contributed by atoms with Crippen molar-refractivity contribution in [3.63, 3.8) is 0 Å². The molecule has 2 atom stereocenters. The minimum absolute atomic E-state index is 0.515. The molecular weight excluding hydrogens is 172 g/mol. The third kappa shape index (κ3) is 0.939. The van der Waals surface area contributed by atoms with Gasteiger partial charge >= 0.3 is 0 Å². The molecule has 1 aromatic rings. The average molecular weight is 186 g/mol. The molecule has 4 rings (SSSR count). The minimum atomic E-state index is 0.515. The molecule has 0 aliphatic heterocycles. The maximum atomic E-state index is 5.43. The van der Waals surface area contributed by atoms with Gasteiger partial charge in [0.25, 0.3) is 0 Å². The Bertz CT molecular complexity index is 395. The number of nitrogens with two attached hydrogens (primary N) is 1. The van der Waals surface area contributed by atoms with E-state index >= 15 is 0 Å². The Kier molecular flexibility index (Phi) is 1.63. The van der Waals surface area contributed by atoms with Crippen molar-refractivity contribution in [1.29, 1.82) is 0 Å². The zero-order chi connectivity index (χ0) is 9.54. The summed E-state index contributed by atoms with van der Waals surface area (Å²) in [6.07, 6.45) is 3.62. The van der Waals surface area contributed by atoms with E-state index in [1.54, 1.807) is 0 Å². The largest absolute Gasteiger partial charge is 0.323 e. The van der Waals surface area contributed by atoms with Crippen LogP contribution < -0.4 is 5.84 Å². The zero-order valence-corrected chi connectivity index (χ0v) is 8.11. The number of hydrogen-bond acceptors (Lipinski definition) is 2. The van der Waals surface area contributed by atoms with E-state index in [1.807, 2.05) is 0 Å². The summed E-state index contributed by atoms with van der Waals surface area (Å²) in [5.74, 6) is 6.63. The Morgan fingerprint density at radius 3 is 2.71 bits per heavy atom. The summed E-state index contributed by atoms with van der Waals surface area (Å²) in [7, 11) is 0. The van der Waals surface area contributed by atoms with Crippen LogP contribution in [0, 0.1) is 0 Å². The molecule has 2 bridgehead atoms. The highest BCUT2D eigenvalue weighted by atomic mass is 15.1. The van der Waals surface area contributed by atoms with Gasteiger partial charge in [-0.25, -0.2) is 0 Å². The second-order valence-corrected chi connectivity index (χ2v) is 4.28. The van der Waals surface area contributed by atoms with Crippen molar-refractivity contribution in [1.82, 2.24) is 0 Å². The lowest BCUT2D eigenvalue weighted by Crippen LogP contribution is -2.30. The van der Waals surface area contributed by atoms with Crippen LogP contribution in [0.3, 0.4) is 0 Å². The number of fused-ring (bicyclic) bond motifs is 2. The van der Waals surface area contributed by atoms with E-state index in [9.17, 15) is 0 Å². The highest BCUT2D eigenvalue weighted by Gasteiger charge is 2.36.